The number of guanidine groups is 1. The molecule has 0 aliphatic heterocycles. The fourth-order valence-corrected chi connectivity index (χ4v) is 2.70. The third-order valence-electron chi connectivity index (χ3n) is 3.95. The minimum Gasteiger partial charge on any atom is -0.496 e. The molecular formula is C20H24ClF2N3O3. The third kappa shape index (κ3) is 7.40. The minimum absolute atomic E-state index is 0.0377. The number of aliphatic hydroxyl groups is 1. The van der Waals surface area contributed by atoms with Crippen molar-refractivity contribution in [3.63, 3.8) is 0 Å². The fraction of sp³-hybridized carbons (Fsp3) is 0.350. The molecule has 9 heteroatoms. The number of hydrogen-bond donors (Lipinski definition) is 3. The molecule has 0 spiro atoms. The third-order valence-corrected chi connectivity index (χ3v) is 4.19. The molecule has 0 saturated heterocycles. The highest BCUT2D eigenvalue weighted by Crippen LogP contribution is 2.23. The van der Waals surface area contributed by atoms with Crippen LogP contribution in [-0.4, -0.2) is 37.9 Å². The lowest BCUT2D eigenvalue weighted by molar-refractivity contribution is -0.0498. The Morgan fingerprint density at radius 2 is 1.90 bits per heavy atom. The quantitative estimate of drug-likeness (QED) is 0.420. The van der Waals surface area contributed by atoms with Crippen LogP contribution >= 0.6 is 11.6 Å². The molecule has 3 N–H and O–H groups in total. The van der Waals surface area contributed by atoms with Gasteiger partial charge in [-0.2, -0.15) is 8.78 Å². The predicted octanol–water partition coefficient (Wildman–Crippen LogP) is 3.74. The van der Waals surface area contributed by atoms with Crippen LogP contribution in [0.3, 0.4) is 0 Å². The van der Waals surface area contributed by atoms with E-state index in [4.69, 9.17) is 16.3 Å². The summed E-state index contributed by atoms with van der Waals surface area (Å²) in [5, 5.41) is 17.1. The summed E-state index contributed by atoms with van der Waals surface area (Å²) in [5.41, 5.74) is 1.43. The molecule has 0 aliphatic carbocycles. The number of halogens is 3. The summed E-state index contributed by atoms with van der Waals surface area (Å²) in [5.74, 6) is 1.19. The minimum atomic E-state index is -2.88. The van der Waals surface area contributed by atoms with E-state index in [2.05, 4.69) is 20.4 Å². The average Bonchev–Trinajstić information content (AvgIpc) is 2.70. The van der Waals surface area contributed by atoms with Gasteiger partial charge < -0.3 is 25.2 Å². The molecule has 1 unspecified atom stereocenters. The first-order valence-corrected chi connectivity index (χ1v) is 9.38. The maximum atomic E-state index is 12.2. The number of aliphatic imine (C=N–C) groups is 1. The number of benzene rings is 2. The summed E-state index contributed by atoms with van der Waals surface area (Å²) in [6.45, 7) is 0.215. The van der Waals surface area contributed by atoms with Crippen LogP contribution in [0.2, 0.25) is 5.02 Å². The van der Waals surface area contributed by atoms with Crippen LogP contribution in [0.15, 0.2) is 47.5 Å². The lowest BCUT2D eigenvalue weighted by Gasteiger charge is -2.16. The van der Waals surface area contributed by atoms with Crippen molar-refractivity contribution >= 4 is 17.6 Å². The summed E-state index contributed by atoms with van der Waals surface area (Å²) >= 11 is 5.97. The number of hydrogen-bond acceptors (Lipinski definition) is 4. The molecule has 29 heavy (non-hydrogen) atoms. The second-order valence-electron chi connectivity index (χ2n) is 6.00. The molecule has 0 fully saturated rings. The molecule has 0 aliphatic rings. The Hall–Kier alpha value is -2.58. The van der Waals surface area contributed by atoms with E-state index < -0.39 is 12.7 Å². The molecule has 2 rings (SSSR count). The van der Waals surface area contributed by atoms with Gasteiger partial charge in [0, 0.05) is 23.7 Å². The van der Waals surface area contributed by atoms with Gasteiger partial charge in [-0.3, -0.25) is 0 Å². The number of alkyl halides is 2. The lowest BCUT2D eigenvalue weighted by Crippen LogP contribution is -2.39. The van der Waals surface area contributed by atoms with Crippen LogP contribution in [-0.2, 0) is 6.54 Å². The molecule has 0 radical (unpaired) electrons. The standard InChI is InChI=1S/C20H24ClF2N3O3/c1-3-24-20(25-11-14-4-7-15(21)10-18(14)28-2)26-12-17(27)13-5-8-16(9-6-13)29-19(22)23/h4-10,17,19,27H,3,11-12H2,1-2H3,(H2,24,25,26). The van der Waals surface area contributed by atoms with Crippen LogP contribution in [0.5, 0.6) is 11.5 Å². The van der Waals surface area contributed by atoms with Gasteiger partial charge in [0.15, 0.2) is 5.96 Å². The van der Waals surface area contributed by atoms with Gasteiger partial charge in [0.2, 0.25) is 0 Å². The van der Waals surface area contributed by atoms with E-state index in [1.165, 1.54) is 24.3 Å². The number of rotatable bonds is 9. The van der Waals surface area contributed by atoms with Gasteiger partial charge in [-0.1, -0.05) is 29.8 Å². The van der Waals surface area contributed by atoms with E-state index in [9.17, 15) is 13.9 Å². The molecule has 2 aromatic carbocycles. The normalized spacial score (nSPS) is 12.6. The van der Waals surface area contributed by atoms with E-state index in [1.54, 1.807) is 19.2 Å². The first-order valence-electron chi connectivity index (χ1n) is 9.00. The highest BCUT2D eigenvalue weighted by molar-refractivity contribution is 6.30. The van der Waals surface area contributed by atoms with Crippen molar-refractivity contribution in [2.24, 2.45) is 4.99 Å². The second kappa shape index (κ2) is 11.4. The van der Waals surface area contributed by atoms with Gasteiger partial charge in [0.05, 0.1) is 19.8 Å². The van der Waals surface area contributed by atoms with Crippen LogP contribution in [0, 0.1) is 0 Å². The van der Waals surface area contributed by atoms with Crippen LogP contribution in [0.25, 0.3) is 0 Å². The van der Waals surface area contributed by atoms with E-state index >= 15 is 0 Å². The molecule has 158 valence electrons. The molecule has 0 bridgehead atoms. The zero-order chi connectivity index (χ0) is 21.2. The van der Waals surface area contributed by atoms with Gasteiger partial charge in [0.25, 0.3) is 0 Å². The van der Waals surface area contributed by atoms with Crippen LogP contribution in [0.1, 0.15) is 24.2 Å². The molecular weight excluding hydrogens is 404 g/mol. The topological polar surface area (TPSA) is 75.1 Å². The van der Waals surface area contributed by atoms with Gasteiger partial charge in [-0.05, 0) is 36.8 Å². The van der Waals surface area contributed by atoms with Crippen molar-refractivity contribution < 1.29 is 23.4 Å². The first-order chi connectivity index (χ1) is 13.9. The summed E-state index contributed by atoms with van der Waals surface area (Å²) in [6, 6.07) is 11.2. The second-order valence-corrected chi connectivity index (χ2v) is 6.43. The number of nitrogens with zero attached hydrogens (tertiary/aromatic N) is 1. The molecule has 1 atom stereocenters. The fourth-order valence-electron chi connectivity index (χ4n) is 2.54. The molecule has 0 aromatic heterocycles. The summed E-state index contributed by atoms with van der Waals surface area (Å²) < 4.78 is 34.0. The Morgan fingerprint density at radius 3 is 2.52 bits per heavy atom. The molecule has 0 amide bonds. The highest BCUT2D eigenvalue weighted by Gasteiger charge is 2.11. The summed E-state index contributed by atoms with van der Waals surface area (Å²) in [6.07, 6.45) is -0.857. The summed E-state index contributed by atoms with van der Waals surface area (Å²) in [7, 11) is 1.57. The average molecular weight is 428 g/mol. The van der Waals surface area contributed by atoms with Gasteiger partial charge in [-0.25, -0.2) is 4.99 Å². The Morgan fingerprint density at radius 1 is 1.17 bits per heavy atom. The number of ether oxygens (including phenoxy) is 2. The molecule has 6 nitrogen and oxygen atoms in total. The number of aliphatic hydroxyl groups excluding tert-OH is 1. The van der Waals surface area contributed by atoms with Crippen LogP contribution in [0.4, 0.5) is 8.78 Å². The maximum Gasteiger partial charge on any atom is 0.387 e. The molecule has 0 saturated carbocycles. The van der Waals surface area contributed by atoms with E-state index in [-0.39, 0.29) is 12.3 Å². The van der Waals surface area contributed by atoms with E-state index in [1.807, 2.05) is 13.0 Å². The molecule has 2 aromatic rings. The van der Waals surface area contributed by atoms with Crippen molar-refractivity contribution in [1.82, 2.24) is 10.6 Å². The predicted molar refractivity (Wildman–Crippen MR) is 109 cm³/mol. The van der Waals surface area contributed by atoms with Gasteiger partial charge in [-0.15, -0.1) is 0 Å². The van der Waals surface area contributed by atoms with Crippen molar-refractivity contribution in [2.75, 3.05) is 20.2 Å². The van der Waals surface area contributed by atoms with Gasteiger partial charge in [0.1, 0.15) is 11.5 Å². The highest BCUT2D eigenvalue weighted by atomic mass is 35.5. The van der Waals surface area contributed by atoms with Crippen LogP contribution < -0.4 is 20.1 Å². The zero-order valence-electron chi connectivity index (χ0n) is 16.2. The lowest BCUT2D eigenvalue weighted by atomic mass is 10.1. The van der Waals surface area contributed by atoms with Crippen molar-refractivity contribution in [1.29, 1.82) is 0 Å². The van der Waals surface area contributed by atoms with Crippen molar-refractivity contribution in [2.45, 2.75) is 26.2 Å². The molecule has 0 heterocycles. The Balaban J connectivity index is 1.98. The van der Waals surface area contributed by atoms with Gasteiger partial charge >= 0.3 is 6.61 Å². The number of nitrogens with one attached hydrogen (secondary N) is 2. The van der Waals surface area contributed by atoms with Crippen molar-refractivity contribution in [3.05, 3.63) is 58.6 Å². The monoisotopic (exact) mass is 427 g/mol. The number of methoxy groups -OCH3 is 1. The first kappa shape index (κ1) is 22.7. The van der Waals surface area contributed by atoms with E-state index in [0.29, 0.717) is 35.4 Å². The smallest absolute Gasteiger partial charge is 0.387 e. The zero-order valence-corrected chi connectivity index (χ0v) is 16.9. The van der Waals surface area contributed by atoms with Crippen molar-refractivity contribution in [3.8, 4) is 11.5 Å². The maximum absolute atomic E-state index is 12.2. The Labute approximate surface area is 173 Å². The largest absolute Gasteiger partial charge is 0.496 e. The Bertz CT molecular complexity index is 804. The van der Waals surface area contributed by atoms with E-state index in [0.717, 1.165) is 5.56 Å². The summed E-state index contributed by atoms with van der Waals surface area (Å²) in [4.78, 5) is 4.49. The Kier molecular flexibility index (Phi) is 8.95. The SMILES string of the molecule is CCNC(=NCc1ccc(Cl)cc1OC)NCC(O)c1ccc(OC(F)F)cc1.